The van der Waals surface area contributed by atoms with Gasteiger partial charge < -0.3 is 14.9 Å². The molecule has 0 aliphatic heterocycles. The molecular weight excluding hydrogens is 250 g/mol. The number of aliphatic hydroxyl groups excluding tert-OH is 1. The molecular formula is C13H19NO5. The van der Waals surface area contributed by atoms with E-state index in [0.29, 0.717) is 18.8 Å². The third kappa shape index (κ3) is 6.19. The smallest absolute Gasteiger partial charge is 0.335 e. The largest absolute Gasteiger partial charge is 0.493 e. The van der Waals surface area contributed by atoms with Crippen LogP contribution in [0.25, 0.3) is 0 Å². The fraction of sp³-hybridized carbons (Fsp3) is 0.462. The number of carbonyl (C=O) groups is 1. The van der Waals surface area contributed by atoms with Gasteiger partial charge in [-0.05, 0) is 38.1 Å². The second kappa shape index (κ2) is 7.73. The third-order valence-corrected chi connectivity index (χ3v) is 2.20. The zero-order valence-electron chi connectivity index (χ0n) is 11.0. The first-order chi connectivity index (χ1) is 8.99. The summed E-state index contributed by atoms with van der Waals surface area (Å²) in [6.07, 6.45) is -0.465. The number of aliphatic hydroxyl groups is 1. The number of hydrogen-bond donors (Lipinski definition) is 3. The van der Waals surface area contributed by atoms with E-state index in [1.165, 1.54) is 12.1 Å². The molecule has 1 atom stereocenters. The van der Waals surface area contributed by atoms with Crippen LogP contribution in [0.1, 0.15) is 30.6 Å². The van der Waals surface area contributed by atoms with E-state index < -0.39 is 12.2 Å². The number of ether oxygens (including phenoxy) is 1. The highest BCUT2D eigenvalue weighted by Gasteiger charge is 2.06. The molecule has 0 spiro atoms. The highest BCUT2D eigenvalue weighted by molar-refractivity contribution is 5.87. The van der Waals surface area contributed by atoms with Crippen LogP contribution in [-0.4, -0.2) is 35.1 Å². The summed E-state index contributed by atoms with van der Waals surface area (Å²) in [4.78, 5) is 15.7. The Morgan fingerprint density at radius 2 is 1.95 bits per heavy atom. The van der Waals surface area contributed by atoms with Crippen LogP contribution in [0.3, 0.4) is 0 Å². The lowest BCUT2D eigenvalue weighted by Gasteiger charge is -2.15. The molecule has 0 saturated heterocycles. The third-order valence-electron chi connectivity index (χ3n) is 2.20. The molecule has 1 unspecified atom stereocenters. The van der Waals surface area contributed by atoms with E-state index in [9.17, 15) is 9.90 Å². The zero-order valence-corrected chi connectivity index (χ0v) is 11.0. The van der Waals surface area contributed by atoms with E-state index in [-0.39, 0.29) is 11.7 Å². The molecule has 0 aromatic heterocycles. The Bertz CT molecular complexity index is 391. The molecule has 0 bridgehead atoms. The number of benzene rings is 1. The van der Waals surface area contributed by atoms with E-state index in [0.717, 1.165) is 0 Å². The Kier molecular flexibility index (Phi) is 6.27. The number of carboxylic acids is 1. The molecule has 0 amide bonds. The van der Waals surface area contributed by atoms with E-state index in [1.54, 1.807) is 12.1 Å². The molecule has 0 saturated carbocycles. The SMILES string of the molecule is CC(C)ONC(O)CCOc1ccc(C(=O)O)cc1. The maximum absolute atomic E-state index is 10.6. The van der Waals surface area contributed by atoms with Crippen LogP contribution in [0.15, 0.2) is 24.3 Å². The van der Waals surface area contributed by atoms with Crippen LogP contribution in [0.4, 0.5) is 0 Å². The number of aromatic carboxylic acids is 1. The molecule has 0 heterocycles. The highest BCUT2D eigenvalue weighted by atomic mass is 16.7. The van der Waals surface area contributed by atoms with Crippen molar-refractivity contribution in [3.63, 3.8) is 0 Å². The first-order valence-corrected chi connectivity index (χ1v) is 6.04. The van der Waals surface area contributed by atoms with E-state index in [1.807, 2.05) is 13.8 Å². The van der Waals surface area contributed by atoms with E-state index in [2.05, 4.69) is 5.48 Å². The van der Waals surface area contributed by atoms with E-state index in [4.69, 9.17) is 14.7 Å². The lowest BCUT2D eigenvalue weighted by molar-refractivity contribution is -0.0892. The Balaban J connectivity index is 2.27. The van der Waals surface area contributed by atoms with Crippen LogP contribution in [0, 0.1) is 0 Å². The van der Waals surface area contributed by atoms with Gasteiger partial charge >= 0.3 is 5.97 Å². The second-order valence-corrected chi connectivity index (χ2v) is 4.27. The van der Waals surface area contributed by atoms with Gasteiger partial charge in [0.05, 0.1) is 18.3 Å². The van der Waals surface area contributed by atoms with Gasteiger partial charge in [0.2, 0.25) is 0 Å². The standard InChI is InChI=1S/C13H19NO5/c1-9(2)19-14-12(15)7-8-18-11-5-3-10(4-6-11)13(16)17/h3-6,9,12,14-15H,7-8H2,1-2H3,(H,16,17). The van der Waals surface area contributed by atoms with Crippen molar-refractivity contribution in [3.05, 3.63) is 29.8 Å². The summed E-state index contributed by atoms with van der Waals surface area (Å²) in [6, 6.07) is 6.09. The highest BCUT2D eigenvalue weighted by Crippen LogP contribution is 2.12. The predicted octanol–water partition coefficient (Wildman–Crippen LogP) is 1.40. The van der Waals surface area contributed by atoms with Gasteiger partial charge in [-0.25, -0.2) is 4.79 Å². The minimum absolute atomic E-state index is 0.0147. The molecule has 1 rings (SSSR count). The fourth-order valence-corrected chi connectivity index (χ4v) is 1.26. The Labute approximate surface area is 111 Å². The van der Waals surface area contributed by atoms with Crippen molar-refractivity contribution in [1.29, 1.82) is 0 Å². The van der Waals surface area contributed by atoms with Crippen molar-refractivity contribution >= 4 is 5.97 Å². The lowest BCUT2D eigenvalue weighted by Crippen LogP contribution is -2.32. The quantitative estimate of drug-likeness (QED) is 0.488. The average molecular weight is 269 g/mol. The molecule has 6 nitrogen and oxygen atoms in total. The topological polar surface area (TPSA) is 88.0 Å². The first kappa shape index (κ1) is 15.4. The van der Waals surface area contributed by atoms with Gasteiger partial charge in [-0.2, -0.15) is 5.48 Å². The van der Waals surface area contributed by atoms with Gasteiger partial charge in [0.25, 0.3) is 0 Å². The number of nitrogens with one attached hydrogen (secondary N) is 1. The second-order valence-electron chi connectivity index (χ2n) is 4.27. The van der Waals surface area contributed by atoms with Crippen molar-refractivity contribution in [2.75, 3.05) is 6.61 Å². The van der Waals surface area contributed by atoms with E-state index >= 15 is 0 Å². The maximum Gasteiger partial charge on any atom is 0.335 e. The normalized spacial score (nSPS) is 12.4. The van der Waals surface area contributed by atoms with Crippen molar-refractivity contribution in [1.82, 2.24) is 5.48 Å². The summed E-state index contributed by atoms with van der Waals surface area (Å²) in [7, 11) is 0. The summed E-state index contributed by atoms with van der Waals surface area (Å²) >= 11 is 0. The van der Waals surface area contributed by atoms with Gasteiger partial charge in [0.1, 0.15) is 12.0 Å². The summed E-state index contributed by atoms with van der Waals surface area (Å²) in [5.74, 6) is -0.418. The molecule has 1 aromatic carbocycles. The van der Waals surface area contributed by atoms with Crippen LogP contribution in [-0.2, 0) is 4.84 Å². The van der Waals surface area contributed by atoms with Crippen molar-refractivity contribution < 1.29 is 24.6 Å². The van der Waals surface area contributed by atoms with Gasteiger partial charge in [-0.1, -0.05) is 0 Å². The molecule has 3 N–H and O–H groups in total. The summed E-state index contributed by atoms with van der Waals surface area (Å²) in [6.45, 7) is 3.99. The summed E-state index contributed by atoms with van der Waals surface area (Å²) < 4.78 is 5.37. The van der Waals surface area contributed by atoms with Gasteiger partial charge in [0, 0.05) is 6.42 Å². The number of hydrogen-bond acceptors (Lipinski definition) is 5. The van der Waals surface area contributed by atoms with Crippen LogP contribution in [0.2, 0.25) is 0 Å². The molecule has 19 heavy (non-hydrogen) atoms. The van der Waals surface area contributed by atoms with Crippen LogP contribution in [0.5, 0.6) is 5.75 Å². The zero-order chi connectivity index (χ0) is 14.3. The molecule has 0 radical (unpaired) electrons. The molecule has 1 aromatic rings. The molecule has 0 aliphatic carbocycles. The van der Waals surface area contributed by atoms with Crippen molar-refractivity contribution in [3.8, 4) is 5.75 Å². The maximum atomic E-state index is 10.6. The molecule has 106 valence electrons. The Hall–Kier alpha value is -1.63. The van der Waals surface area contributed by atoms with Gasteiger partial charge in [0.15, 0.2) is 0 Å². The van der Waals surface area contributed by atoms with Crippen molar-refractivity contribution in [2.45, 2.75) is 32.6 Å². The average Bonchev–Trinajstić information content (AvgIpc) is 2.37. The lowest BCUT2D eigenvalue weighted by atomic mass is 10.2. The first-order valence-electron chi connectivity index (χ1n) is 6.04. The predicted molar refractivity (Wildman–Crippen MR) is 68.9 cm³/mol. The minimum atomic E-state index is -0.975. The monoisotopic (exact) mass is 269 g/mol. The summed E-state index contributed by atoms with van der Waals surface area (Å²) in [5, 5.41) is 18.2. The summed E-state index contributed by atoms with van der Waals surface area (Å²) in [5.41, 5.74) is 2.70. The number of carboxylic acid groups (broad SMARTS) is 1. The van der Waals surface area contributed by atoms with Gasteiger partial charge in [-0.3, -0.25) is 4.84 Å². The molecule has 6 heteroatoms. The number of rotatable bonds is 8. The van der Waals surface area contributed by atoms with Gasteiger partial charge in [-0.15, -0.1) is 0 Å². The van der Waals surface area contributed by atoms with Crippen molar-refractivity contribution in [2.24, 2.45) is 0 Å². The molecule has 0 fully saturated rings. The Morgan fingerprint density at radius 3 is 2.47 bits per heavy atom. The fourth-order valence-electron chi connectivity index (χ4n) is 1.26. The minimum Gasteiger partial charge on any atom is -0.493 e. The van der Waals surface area contributed by atoms with Crippen LogP contribution >= 0.6 is 0 Å². The van der Waals surface area contributed by atoms with Crippen LogP contribution < -0.4 is 10.2 Å². The Morgan fingerprint density at radius 1 is 1.32 bits per heavy atom. The molecule has 0 aliphatic rings. The number of hydroxylamine groups is 1.